The topological polar surface area (TPSA) is 50.2 Å². The first-order valence-corrected chi connectivity index (χ1v) is 6.68. The van der Waals surface area contributed by atoms with Crippen molar-refractivity contribution < 1.29 is 9.90 Å². The van der Waals surface area contributed by atoms with E-state index in [0.717, 1.165) is 35.6 Å². The summed E-state index contributed by atoms with van der Waals surface area (Å²) in [6, 6.07) is 0. The Balaban J connectivity index is 3.08. The fourth-order valence-corrected chi connectivity index (χ4v) is 3.21. The summed E-state index contributed by atoms with van der Waals surface area (Å²) in [5, 5.41) is 10.1. The lowest BCUT2D eigenvalue weighted by Crippen LogP contribution is -2.04. The smallest absolute Gasteiger partial charge is 0.355 e. The summed E-state index contributed by atoms with van der Waals surface area (Å²) in [6.45, 7) is 6.27. The van der Waals surface area contributed by atoms with Crippen molar-refractivity contribution in [2.45, 2.75) is 52.4 Å². The summed E-state index contributed by atoms with van der Waals surface area (Å²) in [4.78, 5) is 16.3. The molecular formula is C12H19NO2S. The van der Waals surface area contributed by atoms with Gasteiger partial charge in [-0.25, -0.2) is 9.78 Å². The van der Waals surface area contributed by atoms with Gasteiger partial charge in [0.2, 0.25) is 0 Å². The maximum atomic E-state index is 11.1. The molecule has 16 heavy (non-hydrogen) atoms. The summed E-state index contributed by atoms with van der Waals surface area (Å²) in [6.07, 6.45) is 3.84. The Morgan fingerprint density at radius 1 is 1.38 bits per heavy atom. The predicted molar refractivity (Wildman–Crippen MR) is 66.4 cm³/mol. The highest BCUT2D eigenvalue weighted by atomic mass is 32.1. The first kappa shape index (κ1) is 13.2. The van der Waals surface area contributed by atoms with Gasteiger partial charge in [0.1, 0.15) is 0 Å². The number of carboxylic acids is 1. The molecule has 0 unspecified atom stereocenters. The van der Waals surface area contributed by atoms with Crippen LogP contribution in [0.25, 0.3) is 0 Å². The van der Waals surface area contributed by atoms with Crippen molar-refractivity contribution in [2.75, 3.05) is 0 Å². The quantitative estimate of drug-likeness (QED) is 0.826. The summed E-state index contributed by atoms with van der Waals surface area (Å²) in [7, 11) is 0. The van der Waals surface area contributed by atoms with Crippen molar-refractivity contribution in [1.82, 2.24) is 4.98 Å². The Bertz CT molecular complexity index is 356. The van der Waals surface area contributed by atoms with E-state index in [1.165, 1.54) is 0 Å². The molecule has 3 nitrogen and oxygen atoms in total. The number of aromatic carboxylic acids is 1. The molecule has 0 saturated heterocycles. The van der Waals surface area contributed by atoms with Gasteiger partial charge in [0.05, 0.1) is 5.01 Å². The number of hydrogen-bond donors (Lipinski definition) is 1. The lowest BCUT2D eigenvalue weighted by Gasteiger charge is -2.09. The Kier molecular flexibility index (Phi) is 4.93. The van der Waals surface area contributed by atoms with E-state index >= 15 is 0 Å². The van der Waals surface area contributed by atoms with Crippen molar-refractivity contribution in [3.05, 3.63) is 15.6 Å². The van der Waals surface area contributed by atoms with Crippen molar-refractivity contribution in [3.63, 3.8) is 0 Å². The van der Waals surface area contributed by atoms with E-state index in [4.69, 9.17) is 5.11 Å². The van der Waals surface area contributed by atoms with E-state index in [0.29, 0.717) is 5.92 Å². The third-order valence-corrected chi connectivity index (χ3v) is 4.00. The van der Waals surface area contributed by atoms with Crippen LogP contribution in [-0.4, -0.2) is 16.1 Å². The highest BCUT2D eigenvalue weighted by molar-refractivity contribution is 7.12. The van der Waals surface area contributed by atoms with Crippen molar-refractivity contribution in [2.24, 2.45) is 0 Å². The summed E-state index contributed by atoms with van der Waals surface area (Å²) < 4.78 is 0. The van der Waals surface area contributed by atoms with Gasteiger partial charge in [-0.15, -0.1) is 11.3 Å². The lowest BCUT2D eigenvalue weighted by molar-refractivity contribution is 0.0689. The van der Waals surface area contributed by atoms with E-state index < -0.39 is 5.97 Å². The maximum Gasteiger partial charge on any atom is 0.355 e. The molecule has 0 aromatic carbocycles. The van der Waals surface area contributed by atoms with Gasteiger partial charge in [-0.05, 0) is 31.6 Å². The SMILES string of the molecule is CCCc1nc(C(=O)O)c(C(CC)CC)s1. The molecule has 0 aliphatic carbocycles. The molecule has 1 aromatic rings. The predicted octanol–water partition coefficient (Wildman–Crippen LogP) is 3.70. The Hall–Kier alpha value is -0.900. The second kappa shape index (κ2) is 5.99. The maximum absolute atomic E-state index is 11.1. The van der Waals surface area contributed by atoms with E-state index in [9.17, 15) is 4.79 Å². The van der Waals surface area contributed by atoms with Crippen LogP contribution in [0.2, 0.25) is 0 Å². The third-order valence-electron chi connectivity index (χ3n) is 2.72. The van der Waals surface area contributed by atoms with Crippen LogP contribution in [0.4, 0.5) is 0 Å². The highest BCUT2D eigenvalue weighted by Gasteiger charge is 2.22. The molecule has 0 bridgehead atoms. The molecule has 0 spiro atoms. The molecule has 0 atom stereocenters. The van der Waals surface area contributed by atoms with E-state index in [1.807, 2.05) is 0 Å². The Morgan fingerprint density at radius 3 is 2.44 bits per heavy atom. The zero-order valence-corrected chi connectivity index (χ0v) is 10.9. The summed E-state index contributed by atoms with van der Waals surface area (Å²) in [5.41, 5.74) is 0.280. The van der Waals surface area contributed by atoms with E-state index in [1.54, 1.807) is 11.3 Å². The molecule has 1 N–H and O–H groups in total. The van der Waals surface area contributed by atoms with Gasteiger partial charge in [-0.3, -0.25) is 0 Å². The average Bonchev–Trinajstić information content (AvgIpc) is 2.65. The average molecular weight is 241 g/mol. The van der Waals surface area contributed by atoms with Gasteiger partial charge < -0.3 is 5.11 Å². The first-order chi connectivity index (χ1) is 7.63. The highest BCUT2D eigenvalue weighted by Crippen LogP contribution is 2.32. The van der Waals surface area contributed by atoms with Crippen LogP contribution in [-0.2, 0) is 6.42 Å². The molecule has 0 amide bonds. The first-order valence-electron chi connectivity index (χ1n) is 5.86. The number of carboxylic acid groups (broad SMARTS) is 1. The number of carbonyl (C=O) groups is 1. The van der Waals surface area contributed by atoms with Gasteiger partial charge in [0.25, 0.3) is 0 Å². The zero-order valence-electron chi connectivity index (χ0n) is 10.1. The van der Waals surface area contributed by atoms with Gasteiger partial charge in [0.15, 0.2) is 5.69 Å². The normalized spacial score (nSPS) is 11.0. The molecule has 0 fully saturated rings. The standard InChI is InChI=1S/C12H19NO2S/c1-4-7-9-13-10(12(14)15)11(16-9)8(5-2)6-3/h8H,4-7H2,1-3H3,(H,14,15). The van der Waals surface area contributed by atoms with Crippen LogP contribution in [0.5, 0.6) is 0 Å². The molecule has 90 valence electrons. The second-order valence-electron chi connectivity index (χ2n) is 3.89. The van der Waals surface area contributed by atoms with Gasteiger partial charge in [-0.2, -0.15) is 0 Å². The monoisotopic (exact) mass is 241 g/mol. The van der Waals surface area contributed by atoms with Crippen LogP contribution in [0, 0.1) is 0 Å². The fraction of sp³-hybridized carbons (Fsp3) is 0.667. The third kappa shape index (κ3) is 2.82. The molecule has 1 heterocycles. The largest absolute Gasteiger partial charge is 0.476 e. The summed E-state index contributed by atoms with van der Waals surface area (Å²) in [5.74, 6) is -0.547. The van der Waals surface area contributed by atoms with Gasteiger partial charge in [-0.1, -0.05) is 20.8 Å². The number of hydrogen-bond acceptors (Lipinski definition) is 3. The van der Waals surface area contributed by atoms with Crippen LogP contribution < -0.4 is 0 Å². The number of aryl methyl sites for hydroxylation is 1. The van der Waals surface area contributed by atoms with Crippen LogP contribution in [0.1, 0.15) is 66.3 Å². The fourth-order valence-electron chi connectivity index (χ4n) is 1.79. The molecule has 0 radical (unpaired) electrons. The van der Waals surface area contributed by atoms with E-state index in [2.05, 4.69) is 25.8 Å². The van der Waals surface area contributed by atoms with Crippen molar-refractivity contribution >= 4 is 17.3 Å². The number of aromatic nitrogens is 1. The number of thiazole rings is 1. The molecule has 0 aliphatic heterocycles. The van der Waals surface area contributed by atoms with Crippen LogP contribution in [0.15, 0.2) is 0 Å². The Morgan fingerprint density at radius 2 is 2.00 bits per heavy atom. The van der Waals surface area contributed by atoms with Crippen LogP contribution >= 0.6 is 11.3 Å². The molecule has 4 heteroatoms. The minimum Gasteiger partial charge on any atom is -0.476 e. The molecular weight excluding hydrogens is 222 g/mol. The Labute approximate surface area is 101 Å². The second-order valence-corrected chi connectivity index (χ2v) is 5.00. The van der Waals surface area contributed by atoms with Crippen molar-refractivity contribution in [3.8, 4) is 0 Å². The number of nitrogens with zero attached hydrogens (tertiary/aromatic N) is 1. The molecule has 1 rings (SSSR count). The minimum atomic E-state index is -0.888. The van der Waals surface area contributed by atoms with E-state index in [-0.39, 0.29) is 5.69 Å². The molecule has 1 aromatic heterocycles. The molecule has 0 saturated carbocycles. The van der Waals surface area contributed by atoms with Crippen molar-refractivity contribution in [1.29, 1.82) is 0 Å². The summed E-state index contributed by atoms with van der Waals surface area (Å²) >= 11 is 1.58. The zero-order chi connectivity index (χ0) is 12.1. The lowest BCUT2D eigenvalue weighted by atomic mass is 10.0. The van der Waals surface area contributed by atoms with Crippen LogP contribution in [0.3, 0.4) is 0 Å². The number of rotatable bonds is 6. The molecule has 0 aliphatic rings. The minimum absolute atomic E-state index is 0.280. The van der Waals surface area contributed by atoms with Gasteiger partial charge >= 0.3 is 5.97 Å². The van der Waals surface area contributed by atoms with Gasteiger partial charge in [0, 0.05) is 4.88 Å².